The topological polar surface area (TPSA) is 263 Å². The van der Waals surface area contributed by atoms with Crippen LogP contribution in [0.2, 0.25) is 0 Å². The molecule has 46 heavy (non-hydrogen) atoms. The Hall–Kier alpha value is -1.42. The molecule has 268 valence electrons. The Morgan fingerprint density at radius 2 is 1.39 bits per heavy atom. The average Bonchev–Trinajstić information content (AvgIpc) is 3.03. The SMILES string of the molecule is CCC(C)C(=O)NCCCO[C@H]1OC(CO)[C@@H](O)C(O[C@@H]2OC(CO)[C@@H](O)C(O)[C@H]2CC(C)=O)[C@H]1O[C@H]1OC(C)[C@H](O)C(O)[C@H]1O. The molecule has 17 nitrogen and oxygen atoms in total. The number of rotatable bonds is 15. The first-order valence-corrected chi connectivity index (χ1v) is 15.7. The van der Waals surface area contributed by atoms with Crippen molar-refractivity contribution in [3.8, 4) is 0 Å². The van der Waals surface area contributed by atoms with Crippen LogP contribution in [0.3, 0.4) is 0 Å². The molecule has 3 fully saturated rings. The number of amides is 1. The summed E-state index contributed by atoms with van der Waals surface area (Å²) in [7, 11) is 0. The Labute approximate surface area is 267 Å². The Balaban J connectivity index is 1.89. The third kappa shape index (κ3) is 9.38. The standard InChI is InChI=1S/C29H51NO16/c1-5-12(2)26(40)30-7-6-8-41-29-25(46-28-23(39)22(38)18(34)14(4)42-28)24(21(37)17(11-32)44-29)45-27-15(9-13(3)33)19(35)20(36)16(10-31)43-27/h12,14-25,27-29,31-32,34-39H,5-11H2,1-4H3,(H,30,40)/t12?,14?,15-,16?,17?,18+,19?,20-,21-,22?,23-,24?,25-,27+,28-,29+/m1/s1. The minimum absolute atomic E-state index is 0.0253. The molecule has 0 aromatic rings. The van der Waals surface area contributed by atoms with E-state index in [0.29, 0.717) is 12.8 Å². The number of aliphatic hydroxyl groups excluding tert-OH is 8. The summed E-state index contributed by atoms with van der Waals surface area (Å²) >= 11 is 0. The molecule has 3 saturated heterocycles. The van der Waals surface area contributed by atoms with Crippen molar-refractivity contribution in [2.75, 3.05) is 26.4 Å². The van der Waals surface area contributed by atoms with Gasteiger partial charge in [-0.2, -0.15) is 0 Å². The number of hydrogen-bond donors (Lipinski definition) is 9. The second kappa shape index (κ2) is 17.8. The largest absolute Gasteiger partial charge is 0.394 e. The van der Waals surface area contributed by atoms with Crippen molar-refractivity contribution in [2.24, 2.45) is 11.8 Å². The second-order valence-electron chi connectivity index (χ2n) is 12.2. The summed E-state index contributed by atoms with van der Waals surface area (Å²) in [6, 6.07) is 0. The van der Waals surface area contributed by atoms with E-state index in [1.54, 1.807) is 6.92 Å². The maximum Gasteiger partial charge on any atom is 0.222 e. The summed E-state index contributed by atoms with van der Waals surface area (Å²) < 4.78 is 35.2. The fraction of sp³-hybridized carbons (Fsp3) is 0.931. The van der Waals surface area contributed by atoms with Crippen molar-refractivity contribution < 1.29 is 78.9 Å². The van der Waals surface area contributed by atoms with Crippen molar-refractivity contribution in [2.45, 2.75) is 133 Å². The molecule has 3 aliphatic rings. The lowest BCUT2D eigenvalue weighted by Gasteiger charge is -2.49. The van der Waals surface area contributed by atoms with E-state index in [2.05, 4.69) is 5.32 Å². The molecule has 0 aromatic carbocycles. The molecule has 9 N–H and O–H groups in total. The van der Waals surface area contributed by atoms with E-state index in [9.17, 15) is 50.4 Å². The van der Waals surface area contributed by atoms with Gasteiger partial charge in [0, 0.05) is 24.8 Å². The van der Waals surface area contributed by atoms with Crippen LogP contribution < -0.4 is 5.32 Å². The van der Waals surface area contributed by atoms with Gasteiger partial charge in [0.2, 0.25) is 5.91 Å². The molecule has 0 aromatic heterocycles. The summed E-state index contributed by atoms with van der Waals surface area (Å²) in [6.45, 7) is 5.16. The van der Waals surface area contributed by atoms with Gasteiger partial charge in [0.15, 0.2) is 18.9 Å². The number of carbonyl (C=O) groups is 2. The lowest BCUT2D eigenvalue weighted by atomic mass is 9.87. The third-order valence-electron chi connectivity index (χ3n) is 8.68. The molecule has 3 heterocycles. The summed E-state index contributed by atoms with van der Waals surface area (Å²) in [5.41, 5.74) is 0. The van der Waals surface area contributed by atoms with E-state index in [1.165, 1.54) is 13.8 Å². The van der Waals surface area contributed by atoms with Gasteiger partial charge >= 0.3 is 0 Å². The fourth-order valence-electron chi connectivity index (χ4n) is 5.57. The first-order valence-electron chi connectivity index (χ1n) is 15.7. The first kappa shape index (κ1) is 39.0. The number of ketones is 1. The van der Waals surface area contributed by atoms with Crippen LogP contribution in [0.15, 0.2) is 0 Å². The highest BCUT2D eigenvalue weighted by Crippen LogP contribution is 2.36. The molecule has 3 aliphatic heterocycles. The van der Waals surface area contributed by atoms with Gasteiger partial charge in [-0.3, -0.25) is 4.79 Å². The predicted molar refractivity (Wildman–Crippen MR) is 153 cm³/mol. The van der Waals surface area contributed by atoms with Gasteiger partial charge in [0.05, 0.1) is 32.0 Å². The zero-order valence-electron chi connectivity index (χ0n) is 26.5. The van der Waals surface area contributed by atoms with Crippen LogP contribution in [0, 0.1) is 11.8 Å². The smallest absolute Gasteiger partial charge is 0.222 e. The summed E-state index contributed by atoms with van der Waals surface area (Å²) in [5, 5.41) is 86.3. The zero-order valence-corrected chi connectivity index (χ0v) is 26.5. The van der Waals surface area contributed by atoms with E-state index in [-0.39, 0.29) is 37.2 Å². The first-order chi connectivity index (χ1) is 21.7. The lowest BCUT2D eigenvalue weighted by Crippen LogP contribution is -2.66. The molecule has 17 heteroatoms. The van der Waals surface area contributed by atoms with E-state index in [4.69, 9.17) is 28.4 Å². The molecule has 7 unspecified atom stereocenters. The van der Waals surface area contributed by atoms with Crippen molar-refractivity contribution in [3.05, 3.63) is 0 Å². The minimum atomic E-state index is -1.77. The van der Waals surface area contributed by atoms with Gasteiger partial charge in [0.25, 0.3) is 0 Å². The minimum Gasteiger partial charge on any atom is -0.394 e. The van der Waals surface area contributed by atoms with Crippen LogP contribution >= 0.6 is 0 Å². The van der Waals surface area contributed by atoms with Crippen LogP contribution in [-0.4, -0.2) is 165 Å². The molecule has 0 aliphatic carbocycles. The maximum atomic E-state index is 12.1. The molecule has 1 amide bonds. The number of Topliss-reactive ketones (excluding diaryl/α,β-unsaturated/α-hetero) is 1. The molecular formula is C29H51NO16. The summed E-state index contributed by atoms with van der Waals surface area (Å²) in [5.74, 6) is -1.86. The highest BCUT2D eigenvalue weighted by Gasteiger charge is 2.54. The van der Waals surface area contributed by atoms with Crippen LogP contribution in [0.5, 0.6) is 0 Å². The van der Waals surface area contributed by atoms with Gasteiger partial charge in [-0.05, 0) is 26.7 Å². The van der Waals surface area contributed by atoms with E-state index in [0.717, 1.165) is 0 Å². The summed E-state index contributed by atoms with van der Waals surface area (Å²) in [4.78, 5) is 24.2. The number of aliphatic hydroxyl groups is 8. The molecule has 0 saturated carbocycles. The van der Waals surface area contributed by atoms with Crippen molar-refractivity contribution >= 4 is 11.7 Å². The van der Waals surface area contributed by atoms with Crippen LogP contribution in [0.25, 0.3) is 0 Å². The van der Waals surface area contributed by atoms with Crippen LogP contribution in [0.4, 0.5) is 0 Å². The molecule has 0 radical (unpaired) electrons. The van der Waals surface area contributed by atoms with E-state index in [1.807, 2.05) is 6.92 Å². The summed E-state index contributed by atoms with van der Waals surface area (Å²) in [6.07, 6.45) is -20.3. The maximum absolute atomic E-state index is 12.1. The van der Waals surface area contributed by atoms with Crippen molar-refractivity contribution in [1.82, 2.24) is 5.32 Å². The van der Waals surface area contributed by atoms with Crippen molar-refractivity contribution in [1.29, 1.82) is 0 Å². The van der Waals surface area contributed by atoms with Gasteiger partial charge in [0.1, 0.15) is 60.7 Å². The van der Waals surface area contributed by atoms with Gasteiger partial charge in [-0.25, -0.2) is 0 Å². The number of hydrogen-bond acceptors (Lipinski definition) is 16. The van der Waals surface area contributed by atoms with Gasteiger partial charge < -0.3 is 79.4 Å². The molecule has 0 spiro atoms. The number of ether oxygens (including phenoxy) is 6. The van der Waals surface area contributed by atoms with Gasteiger partial charge in [-0.15, -0.1) is 0 Å². The Bertz CT molecular complexity index is 960. The Kier molecular flexibility index (Phi) is 15.1. The van der Waals surface area contributed by atoms with Gasteiger partial charge in [-0.1, -0.05) is 13.8 Å². The highest BCUT2D eigenvalue weighted by atomic mass is 16.8. The molecule has 16 atom stereocenters. The number of nitrogens with one attached hydrogen (secondary N) is 1. The Morgan fingerprint density at radius 1 is 0.783 bits per heavy atom. The molecule has 0 bridgehead atoms. The highest BCUT2D eigenvalue weighted by molar-refractivity contribution is 5.78. The molecule has 3 rings (SSSR count). The number of carbonyl (C=O) groups excluding carboxylic acids is 2. The van der Waals surface area contributed by atoms with E-state index >= 15 is 0 Å². The third-order valence-corrected chi connectivity index (χ3v) is 8.68. The second-order valence-corrected chi connectivity index (χ2v) is 12.2. The molecular weight excluding hydrogens is 618 g/mol. The van der Waals surface area contributed by atoms with E-state index < -0.39 is 105 Å². The quantitative estimate of drug-likeness (QED) is 0.0759. The van der Waals surface area contributed by atoms with Crippen LogP contribution in [-0.2, 0) is 38.0 Å². The lowest BCUT2D eigenvalue weighted by molar-refractivity contribution is -0.388. The monoisotopic (exact) mass is 669 g/mol. The van der Waals surface area contributed by atoms with Crippen molar-refractivity contribution in [3.63, 3.8) is 0 Å². The van der Waals surface area contributed by atoms with Crippen LogP contribution in [0.1, 0.15) is 47.0 Å². The fourth-order valence-corrected chi connectivity index (χ4v) is 5.57. The Morgan fingerprint density at radius 3 is 2.00 bits per heavy atom. The average molecular weight is 670 g/mol. The zero-order chi connectivity index (χ0) is 34.3. The predicted octanol–water partition coefficient (Wildman–Crippen LogP) is -3.73. The normalized spacial score (nSPS) is 42.4.